The van der Waals surface area contributed by atoms with E-state index in [2.05, 4.69) is 32.7 Å². The summed E-state index contributed by atoms with van der Waals surface area (Å²) < 4.78 is 0. The van der Waals surface area contributed by atoms with Crippen molar-refractivity contribution in [2.24, 2.45) is 0 Å². The molecule has 0 radical (unpaired) electrons. The highest BCUT2D eigenvalue weighted by atomic mass is 16.4. The summed E-state index contributed by atoms with van der Waals surface area (Å²) >= 11 is 0. The van der Waals surface area contributed by atoms with Crippen LogP contribution in [0.3, 0.4) is 0 Å². The van der Waals surface area contributed by atoms with Crippen molar-refractivity contribution in [1.29, 1.82) is 0 Å². The molecule has 3 aromatic rings. The number of aromatic nitrogens is 2. The van der Waals surface area contributed by atoms with E-state index in [0.717, 1.165) is 19.4 Å². The van der Waals surface area contributed by atoms with Crippen LogP contribution in [0.15, 0.2) is 67.0 Å². The first-order chi connectivity index (χ1) is 12.7. The van der Waals surface area contributed by atoms with Crippen molar-refractivity contribution in [2.75, 3.05) is 17.2 Å². The summed E-state index contributed by atoms with van der Waals surface area (Å²) in [5, 5.41) is 15.6. The van der Waals surface area contributed by atoms with Gasteiger partial charge in [-0.3, -0.25) is 0 Å². The quantitative estimate of drug-likeness (QED) is 0.534. The van der Waals surface area contributed by atoms with Gasteiger partial charge in [-0.15, -0.1) is 0 Å². The smallest absolute Gasteiger partial charge is 0.337 e. The molecule has 0 saturated heterocycles. The molecule has 3 rings (SSSR count). The van der Waals surface area contributed by atoms with Gasteiger partial charge in [0.15, 0.2) is 0 Å². The fourth-order valence-corrected chi connectivity index (χ4v) is 2.59. The van der Waals surface area contributed by atoms with Crippen LogP contribution >= 0.6 is 0 Å². The van der Waals surface area contributed by atoms with E-state index in [9.17, 15) is 9.90 Å². The predicted molar refractivity (Wildman–Crippen MR) is 102 cm³/mol. The molecule has 0 aliphatic heterocycles. The Hall–Kier alpha value is -3.41. The van der Waals surface area contributed by atoms with Crippen molar-refractivity contribution >= 4 is 23.3 Å². The first-order valence-electron chi connectivity index (χ1n) is 8.41. The lowest BCUT2D eigenvalue weighted by atomic mass is 10.1. The summed E-state index contributed by atoms with van der Waals surface area (Å²) in [6, 6.07) is 18.8. The average molecular weight is 348 g/mol. The molecule has 0 aliphatic carbocycles. The average Bonchev–Trinajstić information content (AvgIpc) is 2.67. The normalized spacial score (nSPS) is 10.3. The van der Waals surface area contributed by atoms with Gasteiger partial charge in [0.2, 0.25) is 0 Å². The molecule has 132 valence electrons. The number of rotatable bonds is 8. The molecule has 0 unspecified atom stereocenters. The zero-order chi connectivity index (χ0) is 18.2. The van der Waals surface area contributed by atoms with Gasteiger partial charge in [-0.1, -0.05) is 42.5 Å². The van der Waals surface area contributed by atoms with E-state index in [0.29, 0.717) is 17.3 Å². The van der Waals surface area contributed by atoms with E-state index in [1.807, 2.05) is 18.2 Å². The Morgan fingerprint density at radius 2 is 1.69 bits per heavy atom. The van der Waals surface area contributed by atoms with Crippen LogP contribution in [0.1, 0.15) is 22.3 Å². The van der Waals surface area contributed by atoms with Crippen LogP contribution in [-0.4, -0.2) is 27.6 Å². The monoisotopic (exact) mass is 348 g/mol. The predicted octanol–water partition coefficient (Wildman–Crippen LogP) is 3.96. The number of carbonyl (C=O) groups is 1. The Bertz CT molecular complexity index is 868. The van der Waals surface area contributed by atoms with E-state index < -0.39 is 5.97 Å². The number of nitrogens with one attached hydrogen (secondary N) is 2. The topological polar surface area (TPSA) is 87.1 Å². The molecule has 0 saturated carbocycles. The highest BCUT2D eigenvalue weighted by Crippen LogP contribution is 2.20. The van der Waals surface area contributed by atoms with Gasteiger partial charge in [0.1, 0.15) is 18.0 Å². The van der Waals surface area contributed by atoms with Crippen molar-refractivity contribution in [3.8, 4) is 0 Å². The van der Waals surface area contributed by atoms with Gasteiger partial charge in [0.25, 0.3) is 0 Å². The summed E-state index contributed by atoms with van der Waals surface area (Å²) in [5.41, 5.74) is 2.00. The molecule has 0 spiro atoms. The minimum absolute atomic E-state index is 0.198. The van der Waals surface area contributed by atoms with E-state index >= 15 is 0 Å². The molecule has 1 aromatic heterocycles. The molecule has 0 fully saturated rings. The minimum Gasteiger partial charge on any atom is -0.478 e. The van der Waals surface area contributed by atoms with Gasteiger partial charge in [0, 0.05) is 12.6 Å². The number of hydrogen-bond donors (Lipinski definition) is 3. The van der Waals surface area contributed by atoms with Crippen LogP contribution in [0.25, 0.3) is 0 Å². The van der Waals surface area contributed by atoms with Gasteiger partial charge >= 0.3 is 5.97 Å². The summed E-state index contributed by atoms with van der Waals surface area (Å²) in [5.74, 6) is 0.254. The van der Waals surface area contributed by atoms with E-state index in [1.54, 1.807) is 30.3 Å². The molecule has 2 aromatic carbocycles. The highest BCUT2D eigenvalue weighted by molar-refractivity contribution is 5.95. The molecular weight excluding hydrogens is 328 g/mol. The van der Waals surface area contributed by atoms with Crippen LogP contribution in [0.5, 0.6) is 0 Å². The molecular formula is C20H20N4O2. The number of anilines is 3. The third kappa shape index (κ3) is 4.80. The molecule has 6 nitrogen and oxygen atoms in total. The Morgan fingerprint density at radius 3 is 2.50 bits per heavy atom. The van der Waals surface area contributed by atoms with Crippen molar-refractivity contribution in [3.63, 3.8) is 0 Å². The summed E-state index contributed by atoms with van der Waals surface area (Å²) in [4.78, 5) is 19.6. The maximum Gasteiger partial charge on any atom is 0.337 e. The van der Waals surface area contributed by atoms with E-state index in [1.165, 1.54) is 11.9 Å². The molecule has 0 amide bonds. The lowest BCUT2D eigenvalue weighted by Gasteiger charge is -2.10. The number of hydrogen-bond acceptors (Lipinski definition) is 5. The molecule has 1 heterocycles. The van der Waals surface area contributed by atoms with Crippen molar-refractivity contribution < 1.29 is 9.90 Å². The SMILES string of the molecule is O=C(O)c1ccccc1Nc1cc(NCCCc2ccccc2)ncn1. The number of aryl methyl sites for hydroxylation is 1. The maximum absolute atomic E-state index is 11.3. The largest absolute Gasteiger partial charge is 0.478 e. The third-order valence-electron chi connectivity index (χ3n) is 3.88. The van der Waals surface area contributed by atoms with Crippen LogP contribution in [0, 0.1) is 0 Å². The molecule has 26 heavy (non-hydrogen) atoms. The molecule has 0 bridgehead atoms. The summed E-state index contributed by atoms with van der Waals surface area (Å²) in [6.45, 7) is 0.789. The van der Waals surface area contributed by atoms with Gasteiger partial charge in [-0.2, -0.15) is 0 Å². The lowest BCUT2D eigenvalue weighted by Crippen LogP contribution is -2.07. The second-order valence-electron chi connectivity index (χ2n) is 5.78. The Labute approximate surface area is 152 Å². The first kappa shape index (κ1) is 17.4. The Balaban J connectivity index is 1.57. The number of carboxylic acid groups (broad SMARTS) is 1. The van der Waals surface area contributed by atoms with Crippen molar-refractivity contribution in [2.45, 2.75) is 12.8 Å². The van der Waals surface area contributed by atoms with Crippen molar-refractivity contribution in [1.82, 2.24) is 9.97 Å². The zero-order valence-electron chi connectivity index (χ0n) is 14.2. The van der Waals surface area contributed by atoms with Gasteiger partial charge in [-0.05, 0) is 30.5 Å². The lowest BCUT2D eigenvalue weighted by molar-refractivity contribution is 0.0698. The summed E-state index contributed by atoms with van der Waals surface area (Å²) in [7, 11) is 0. The Kier molecular flexibility index (Phi) is 5.77. The third-order valence-corrected chi connectivity index (χ3v) is 3.88. The zero-order valence-corrected chi connectivity index (χ0v) is 14.2. The Morgan fingerprint density at radius 1 is 0.962 bits per heavy atom. The highest BCUT2D eigenvalue weighted by Gasteiger charge is 2.09. The molecule has 3 N–H and O–H groups in total. The second kappa shape index (κ2) is 8.62. The minimum atomic E-state index is -0.985. The van der Waals surface area contributed by atoms with E-state index in [4.69, 9.17) is 0 Å². The molecule has 6 heteroatoms. The second-order valence-corrected chi connectivity index (χ2v) is 5.78. The standard InChI is InChI=1S/C20H20N4O2/c25-20(26)16-10-4-5-11-17(16)24-19-13-18(22-14-23-19)21-12-6-9-15-7-2-1-3-8-15/h1-5,7-8,10-11,13-14H,6,9,12H2,(H,25,26)(H2,21,22,23,24). The van der Waals surface area contributed by atoms with Crippen LogP contribution in [0.4, 0.5) is 17.3 Å². The molecule has 0 aliphatic rings. The van der Waals surface area contributed by atoms with E-state index in [-0.39, 0.29) is 5.56 Å². The molecule has 0 atom stereocenters. The number of para-hydroxylation sites is 1. The van der Waals surface area contributed by atoms with Gasteiger partial charge in [0.05, 0.1) is 11.3 Å². The van der Waals surface area contributed by atoms with Crippen LogP contribution in [-0.2, 0) is 6.42 Å². The number of benzene rings is 2. The first-order valence-corrected chi connectivity index (χ1v) is 8.41. The fraction of sp³-hybridized carbons (Fsp3) is 0.150. The number of nitrogens with zero attached hydrogens (tertiary/aromatic N) is 2. The fourth-order valence-electron chi connectivity index (χ4n) is 2.59. The number of carboxylic acids is 1. The maximum atomic E-state index is 11.3. The van der Waals surface area contributed by atoms with Gasteiger partial charge < -0.3 is 15.7 Å². The van der Waals surface area contributed by atoms with Crippen molar-refractivity contribution in [3.05, 3.63) is 78.1 Å². The van der Waals surface area contributed by atoms with Crippen LogP contribution in [0.2, 0.25) is 0 Å². The number of aromatic carboxylic acids is 1. The summed E-state index contributed by atoms with van der Waals surface area (Å²) in [6.07, 6.45) is 3.43. The van der Waals surface area contributed by atoms with Crippen LogP contribution < -0.4 is 10.6 Å². The van der Waals surface area contributed by atoms with Gasteiger partial charge in [-0.25, -0.2) is 14.8 Å².